The van der Waals surface area contributed by atoms with E-state index in [9.17, 15) is 14.7 Å². The Kier molecular flexibility index (Phi) is 14.8. The molecule has 2 aliphatic rings. The fraction of sp³-hybridized carbons (Fsp3) is 0.522. The van der Waals surface area contributed by atoms with Crippen LogP contribution in [0, 0.1) is 17.8 Å². The molecule has 5 aromatic rings. The minimum absolute atomic E-state index is 0.212. The highest BCUT2D eigenvalue weighted by molar-refractivity contribution is 5.74. The molecular formula is C46H60N10O4. The number of nitrogens with one attached hydrogen (secondary N) is 3. The second-order valence-corrected chi connectivity index (χ2v) is 17.0. The Hall–Kier alpha value is -5.34. The summed E-state index contributed by atoms with van der Waals surface area (Å²) in [4.78, 5) is 28.6. The number of tetrazole rings is 2. The van der Waals surface area contributed by atoms with Gasteiger partial charge >= 0.3 is 11.9 Å². The molecule has 2 fully saturated rings. The topological polar surface area (TPSA) is 188 Å². The standard InChI is InChI=1S/C46H60N10O4/c1-4-6-38(45(57)58)40(43-48-52-53-49-43)27-31-10-16-35(17-11-31)34-14-8-30(9-15-34)26-33-20-23-47-42(29-33)60-46(59)39(7-5-2)41(44-50-54-55-51-44)28-32-12-18-36(19-13-32)37-21-24-56(3)25-22-37/h8-19,33,37-42,47H,4-7,20-29H2,1-3H3,(H,57,58)(H,48,49,52,53)(H,50,51,54,55). The third kappa shape index (κ3) is 11.1. The van der Waals surface area contributed by atoms with E-state index < -0.39 is 17.8 Å². The minimum Gasteiger partial charge on any atom is -0.481 e. The number of hydrogen-bond acceptors (Lipinski definition) is 11. The Balaban J connectivity index is 0.949. The number of carboxylic acid groups (broad SMARTS) is 1. The second-order valence-electron chi connectivity index (χ2n) is 17.0. The molecule has 6 unspecified atom stereocenters. The SMILES string of the molecule is CCCC(C(=O)O)C(Cc1ccc(-c2ccc(CC3CCNC(OC(=O)C(CCC)C(Cc4ccc(C5CCN(C)CC5)cc4)c4nn[nH]n4)C3)cc2)cc1)c1nn[nH]n1. The van der Waals surface area contributed by atoms with E-state index in [-0.39, 0.29) is 24.0 Å². The van der Waals surface area contributed by atoms with Crippen molar-refractivity contribution in [1.82, 2.24) is 51.5 Å². The monoisotopic (exact) mass is 816 g/mol. The molecule has 14 nitrogen and oxygen atoms in total. The molecule has 4 N–H and O–H groups in total. The number of hydrogen-bond donors (Lipinski definition) is 4. The number of carbonyl (C=O) groups excluding carboxylic acids is 1. The van der Waals surface area contributed by atoms with Crippen LogP contribution < -0.4 is 5.32 Å². The van der Waals surface area contributed by atoms with Gasteiger partial charge < -0.3 is 14.7 Å². The number of aromatic nitrogens is 8. The first-order valence-electron chi connectivity index (χ1n) is 21.9. The van der Waals surface area contributed by atoms with Gasteiger partial charge in [0.2, 0.25) is 0 Å². The molecule has 0 amide bonds. The third-order valence-electron chi connectivity index (χ3n) is 12.8. The number of likely N-dealkylation sites (tertiary alicyclic amines) is 1. The lowest BCUT2D eigenvalue weighted by Crippen LogP contribution is -2.43. The Morgan fingerprint density at radius 3 is 1.82 bits per heavy atom. The molecule has 6 atom stereocenters. The van der Waals surface area contributed by atoms with Crippen molar-refractivity contribution in [3.05, 3.63) is 107 Å². The Labute approximate surface area is 352 Å². The number of aliphatic carboxylic acids is 1. The molecule has 2 aromatic heterocycles. The minimum atomic E-state index is -0.842. The van der Waals surface area contributed by atoms with Gasteiger partial charge in [0, 0.05) is 18.3 Å². The highest BCUT2D eigenvalue weighted by Gasteiger charge is 2.36. The lowest BCUT2D eigenvalue weighted by atomic mass is 9.82. The van der Waals surface area contributed by atoms with Crippen LogP contribution in [0.3, 0.4) is 0 Å². The largest absolute Gasteiger partial charge is 0.481 e. The fourth-order valence-electron chi connectivity index (χ4n) is 9.31. The van der Waals surface area contributed by atoms with Crippen molar-refractivity contribution in [3.8, 4) is 11.1 Å². The summed E-state index contributed by atoms with van der Waals surface area (Å²) in [5, 5.41) is 43.1. The van der Waals surface area contributed by atoms with Crippen molar-refractivity contribution < 1.29 is 19.4 Å². The number of nitrogens with zero attached hydrogens (tertiary/aromatic N) is 7. The van der Waals surface area contributed by atoms with Crippen LogP contribution in [0.5, 0.6) is 0 Å². The summed E-state index contributed by atoms with van der Waals surface area (Å²) in [6.07, 6.45) is 8.56. The highest BCUT2D eigenvalue weighted by Crippen LogP contribution is 2.35. The van der Waals surface area contributed by atoms with E-state index >= 15 is 0 Å². The van der Waals surface area contributed by atoms with E-state index in [4.69, 9.17) is 4.74 Å². The Morgan fingerprint density at radius 1 is 0.750 bits per heavy atom. The molecule has 60 heavy (non-hydrogen) atoms. The maximum absolute atomic E-state index is 14.1. The number of aromatic amines is 2. The smallest absolute Gasteiger partial charge is 0.311 e. The average Bonchev–Trinajstić information content (AvgIpc) is 4.01. The number of piperidine rings is 2. The van der Waals surface area contributed by atoms with Crippen LogP contribution in [-0.2, 0) is 33.6 Å². The van der Waals surface area contributed by atoms with Crippen molar-refractivity contribution in [2.24, 2.45) is 17.8 Å². The second kappa shape index (κ2) is 20.8. The van der Waals surface area contributed by atoms with Gasteiger partial charge in [0.05, 0.1) is 11.8 Å². The van der Waals surface area contributed by atoms with E-state index in [0.29, 0.717) is 49.2 Å². The Morgan fingerprint density at radius 2 is 1.28 bits per heavy atom. The summed E-state index contributed by atoms with van der Waals surface area (Å²) in [5.41, 5.74) is 7.00. The molecule has 0 aliphatic carbocycles. The van der Waals surface area contributed by atoms with E-state index in [1.165, 1.54) is 24.0 Å². The lowest BCUT2D eigenvalue weighted by Gasteiger charge is -2.32. The van der Waals surface area contributed by atoms with Gasteiger partial charge in [-0.1, -0.05) is 110 Å². The normalized spacial score (nSPS) is 19.6. The molecule has 2 saturated heterocycles. The van der Waals surface area contributed by atoms with E-state index in [0.717, 1.165) is 74.0 Å². The predicted octanol–water partition coefficient (Wildman–Crippen LogP) is 6.87. The van der Waals surface area contributed by atoms with E-state index in [1.54, 1.807) is 0 Å². The van der Waals surface area contributed by atoms with Gasteiger partial charge in [-0.25, -0.2) is 0 Å². The first kappa shape index (κ1) is 42.8. The van der Waals surface area contributed by atoms with Crippen molar-refractivity contribution in [2.45, 2.75) is 108 Å². The van der Waals surface area contributed by atoms with Crippen molar-refractivity contribution in [2.75, 3.05) is 26.7 Å². The molecule has 2 aliphatic heterocycles. The maximum atomic E-state index is 14.1. The zero-order valence-electron chi connectivity index (χ0n) is 35.2. The van der Waals surface area contributed by atoms with Gasteiger partial charge in [-0.05, 0) is 123 Å². The summed E-state index contributed by atoms with van der Waals surface area (Å²) in [5.74, 6) is -0.762. The van der Waals surface area contributed by atoms with Crippen LogP contribution in [0.25, 0.3) is 11.1 Å². The summed E-state index contributed by atoms with van der Waals surface area (Å²) in [6, 6.07) is 25.9. The number of carboxylic acids is 1. The fourth-order valence-corrected chi connectivity index (χ4v) is 9.31. The predicted molar refractivity (Wildman–Crippen MR) is 228 cm³/mol. The zero-order chi connectivity index (χ0) is 41.8. The maximum Gasteiger partial charge on any atom is 0.311 e. The van der Waals surface area contributed by atoms with Crippen LogP contribution in [0.2, 0.25) is 0 Å². The van der Waals surface area contributed by atoms with Gasteiger partial charge in [-0.2, -0.15) is 10.4 Å². The first-order valence-corrected chi connectivity index (χ1v) is 21.9. The molecule has 0 bridgehead atoms. The first-order chi connectivity index (χ1) is 29.3. The molecule has 14 heteroatoms. The van der Waals surface area contributed by atoms with Crippen molar-refractivity contribution >= 4 is 11.9 Å². The van der Waals surface area contributed by atoms with Crippen LogP contribution in [0.1, 0.15) is 117 Å². The molecule has 3 aromatic carbocycles. The van der Waals surface area contributed by atoms with Gasteiger partial charge in [0.1, 0.15) is 0 Å². The molecule has 7 rings (SSSR count). The summed E-state index contributed by atoms with van der Waals surface area (Å²) in [6.45, 7) is 7.12. The lowest BCUT2D eigenvalue weighted by molar-refractivity contribution is -0.159. The van der Waals surface area contributed by atoms with Crippen LogP contribution in [0.4, 0.5) is 0 Å². The van der Waals surface area contributed by atoms with E-state index in [2.05, 4.69) is 138 Å². The third-order valence-corrected chi connectivity index (χ3v) is 12.8. The van der Waals surface area contributed by atoms with Crippen molar-refractivity contribution in [3.63, 3.8) is 0 Å². The summed E-state index contributed by atoms with van der Waals surface area (Å²) >= 11 is 0. The highest BCUT2D eigenvalue weighted by atomic mass is 16.6. The number of esters is 1. The van der Waals surface area contributed by atoms with Gasteiger partial charge in [-0.15, -0.1) is 20.4 Å². The molecular weight excluding hydrogens is 757 g/mol. The summed E-state index contributed by atoms with van der Waals surface area (Å²) in [7, 11) is 2.19. The quantitative estimate of drug-likeness (QED) is 0.0635. The number of benzene rings is 3. The molecule has 0 radical (unpaired) electrons. The summed E-state index contributed by atoms with van der Waals surface area (Å²) < 4.78 is 6.29. The average molecular weight is 817 g/mol. The number of carbonyl (C=O) groups is 2. The van der Waals surface area contributed by atoms with E-state index in [1.807, 2.05) is 6.92 Å². The van der Waals surface area contributed by atoms with Crippen LogP contribution in [-0.4, -0.2) is 96.1 Å². The molecule has 4 heterocycles. The van der Waals surface area contributed by atoms with Gasteiger partial charge in [0.15, 0.2) is 17.9 Å². The molecule has 0 saturated carbocycles. The number of H-pyrrole nitrogens is 2. The van der Waals surface area contributed by atoms with Gasteiger partial charge in [0.25, 0.3) is 0 Å². The van der Waals surface area contributed by atoms with Crippen molar-refractivity contribution in [1.29, 1.82) is 0 Å². The van der Waals surface area contributed by atoms with Gasteiger partial charge in [-0.3, -0.25) is 14.9 Å². The number of rotatable bonds is 19. The molecule has 0 spiro atoms. The molecule has 318 valence electrons. The Bertz CT molecular complexity index is 2050. The van der Waals surface area contributed by atoms with Crippen LogP contribution in [0.15, 0.2) is 72.8 Å². The van der Waals surface area contributed by atoms with Crippen LogP contribution >= 0.6 is 0 Å². The zero-order valence-corrected chi connectivity index (χ0v) is 35.2. The number of ether oxygens (including phenoxy) is 1.